The van der Waals surface area contributed by atoms with Gasteiger partial charge in [0, 0.05) is 7.05 Å². The van der Waals surface area contributed by atoms with Crippen LogP contribution >= 0.6 is 12.4 Å². The fraction of sp³-hybridized carbons (Fsp3) is 0.273. The maximum atomic E-state index is 11.5. The number of hydrogen-bond acceptors (Lipinski definition) is 3. The summed E-state index contributed by atoms with van der Waals surface area (Å²) in [4.78, 5) is 22.9. The van der Waals surface area contributed by atoms with E-state index in [4.69, 9.17) is 5.73 Å². The van der Waals surface area contributed by atoms with Gasteiger partial charge in [-0.15, -0.1) is 12.4 Å². The number of nitrogens with one attached hydrogen (secondary N) is 2. The molecule has 0 fully saturated rings. The maximum absolute atomic E-state index is 11.5. The molecule has 0 saturated heterocycles. The Balaban J connectivity index is 0.00000256. The minimum absolute atomic E-state index is 0. The number of amides is 2. The highest BCUT2D eigenvalue weighted by molar-refractivity contribution is 6.04. The molecule has 5 nitrogen and oxygen atoms in total. The number of carbonyl (C=O) groups is 2. The van der Waals surface area contributed by atoms with Crippen LogP contribution in [-0.4, -0.2) is 24.9 Å². The van der Waals surface area contributed by atoms with Crippen LogP contribution in [-0.2, 0) is 4.79 Å². The quantitative estimate of drug-likeness (QED) is 0.747. The summed E-state index contributed by atoms with van der Waals surface area (Å²) in [5.41, 5.74) is 6.31. The van der Waals surface area contributed by atoms with Crippen LogP contribution in [0.5, 0.6) is 0 Å². The van der Waals surface area contributed by atoms with E-state index in [0.29, 0.717) is 11.3 Å². The van der Waals surface area contributed by atoms with Crippen molar-refractivity contribution >= 4 is 29.9 Å². The van der Waals surface area contributed by atoms with Gasteiger partial charge in [-0.3, -0.25) is 9.59 Å². The van der Waals surface area contributed by atoms with Gasteiger partial charge in [0.05, 0.1) is 17.3 Å². The Bertz CT molecular complexity index is 407. The first-order valence-electron chi connectivity index (χ1n) is 4.93. The first-order chi connectivity index (χ1) is 7.56. The number of hydrogen-bond donors (Lipinski definition) is 3. The van der Waals surface area contributed by atoms with Crippen molar-refractivity contribution in [3.8, 4) is 0 Å². The lowest BCUT2D eigenvalue weighted by Gasteiger charge is -2.11. The molecule has 1 aromatic rings. The average molecular weight is 258 g/mol. The topological polar surface area (TPSA) is 84.2 Å². The molecule has 0 aliphatic heterocycles. The van der Waals surface area contributed by atoms with Gasteiger partial charge in [0.2, 0.25) is 5.91 Å². The standard InChI is InChI=1S/C11H15N3O2.ClH/c1-7(12)10(15)14-9-6-4-3-5-8(9)11(16)13-2;/h3-7H,12H2,1-2H3,(H,13,16)(H,14,15);1H. The van der Waals surface area contributed by atoms with E-state index in [2.05, 4.69) is 10.6 Å². The molecule has 1 rings (SSSR count). The first-order valence-corrected chi connectivity index (χ1v) is 4.93. The summed E-state index contributed by atoms with van der Waals surface area (Å²) < 4.78 is 0. The van der Waals surface area contributed by atoms with Gasteiger partial charge >= 0.3 is 0 Å². The largest absolute Gasteiger partial charge is 0.355 e. The summed E-state index contributed by atoms with van der Waals surface area (Å²) in [6.45, 7) is 1.58. The number of halogens is 1. The van der Waals surface area contributed by atoms with Gasteiger partial charge in [-0.05, 0) is 19.1 Å². The minimum atomic E-state index is -0.613. The zero-order chi connectivity index (χ0) is 12.1. The Morgan fingerprint density at radius 1 is 1.29 bits per heavy atom. The van der Waals surface area contributed by atoms with Crippen LogP contribution in [0.3, 0.4) is 0 Å². The number of anilines is 1. The summed E-state index contributed by atoms with van der Waals surface area (Å²) in [5, 5.41) is 5.10. The molecule has 0 spiro atoms. The van der Waals surface area contributed by atoms with Crippen molar-refractivity contribution in [1.29, 1.82) is 0 Å². The molecule has 1 unspecified atom stereocenters. The van der Waals surface area contributed by atoms with E-state index >= 15 is 0 Å². The molecule has 0 aliphatic carbocycles. The van der Waals surface area contributed by atoms with Crippen molar-refractivity contribution in [2.45, 2.75) is 13.0 Å². The number of para-hydroxylation sites is 1. The van der Waals surface area contributed by atoms with E-state index in [0.717, 1.165) is 0 Å². The molecule has 17 heavy (non-hydrogen) atoms. The molecule has 94 valence electrons. The molecular weight excluding hydrogens is 242 g/mol. The third kappa shape index (κ3) is 4.05. The lowest BCUT2D eigenvalue weighted by Crippen LogP contribution is -2.33. The van der Waals surface area contributed by atoms with Crippen LogP contribution in [0.4, 0.5) is 5.69 Å². The first kappa shape index (κ1) is 15.4. The Kier molecular flexibility index (Phi) is 6.23. The van der Waals surface area contributed by atoms with Crippen LogP contribution in [0.15, 0.2) is 24.3 Å². The summed E-state index contributed by atoms with van der Waals surface area (Å²) >= 11 is 0. The van der Waals surface area contributed by atoms with Crippen molar-refractivity contribution in [2.75, 3.05) is 12.4 Å². The monoisotopic (exact) mass is 257 g/mol. The summed E-state index contributed by atoms with van der Waals surface area (Å²) in [5.74, 6) is -0.572. The normalized spacial score (nSPS) is 11.0. The molecule has 0 saturated carbocycles. The molecule has 0 bridgehead atoms. The molecule has 0 aliphatic rings. The molecular formula is C11H16ClN3O2. The smallest absolute Gasteiger partial charge is 0.253 e. The predicted molar refractivity (Wildman–Crippen MR) is 69.4 cm³/mol. The van der Waals surface area contributed by atoms with Crippen LogP contribution in [0.1, 0.15) is 17.3 Å². The molecule has 0 aromatic heterocycles. The van der Waals surface area contributed by atoms with Crippen molar-refractivity contribution < 1.29 is 9.59 Å². The van der Waals surface area contributed by atoms with E-state index in [1.165, 1.54) is 7.05 Å². The average Bonchev–Trinajstić information content (AvgIpc) is 2.28. The fourth-order valence-corrected chi connectivity index (χ4v) is 1.17. The molecule has 2 amide bonds. The number of benzene rings is 1. The third-order valence-corrected chi connectivity index (χ3v) is 2.07. The second-order valence-electron chi connectivity index (χ2n) is 3.40. The van der Waals surface area contributed by atoms with Crippen molar-refractivity contribution in [3.63, 3.8) is 0 Å². The van der Waals surface area contributed by atoms with E-state index in [-0.39, 0.29) is 24.2 Å². The van der Waals surface area contributed by atoms with E-state index in [1.807, 2.05) is 0 Å². The van der Waals surface area contributed by atoms with Crippen LogP contribution in [0.25, 0.3) is 0 Å². The van der Waals surface area contributed by atoms with Crippen LogP contribution < -0.4 is 16.4 Å². The molecule has 1 aromatic carbocycles. The second kappa shape index (κ2) is 6.88. The van der Waals surface area contributed by atoms with Gasteiger partial charge in [0.1, 0.15) is 0 Å². The summed E-state index contributed by atoms with van der Waals surface area (Å²) in [6.07, 6.45) is 0. The van der Waals surface area contributed by atoms with Gasteiger partial charge in [-0.25, -0.2) is 0 Å². The number of carbonyl (C=O) groups excluding carboxylic acids is 2. The highest BCUT2D eigenvalue weighted by Gasteiger charge is 2.13. The van der Waals surface area contributed by atoms with Crippen molar-refractivity contribution in [1.82, 2.24) is 5.32 Å². The minimum Gasteiger partial charge on any atom is -0.355 e. The highest BCUT2D eigenvalue weighted by Crippen LogP contribution is 2.14. The van der Waals surface area contributed by atoms with Gasteiger partial charge in [0.25, 0.3) is 5.91 Å². The van der Waals surface area contributed by atoms with Crippen molar-refractivity contribution in [3.05, 3.63) is 29.8 Å². The highest BCUT2D eigenvalue weighted by atomic mass is 35.5. The zero-order valence-electron chi connectivity index (χ0n) is 9.69. The predicted octanol–water partition coefficient (Wildman–Crippen LogP) is 0.754. The molecule has 0 heterocycles. The lowest BCUT2D eigenvalue weighted by atomic mass is 10.1. The molecule has 1 atom stereocenters. The van der Waals surface area contributed by atoms with Crippen LogP contribution in [0, 0.1) is 0 Å². The van der Waals surface area contributed by atoms with Gasteiger partial charge < -0.3 is 16.4 Å². The molecule has 0 radical (unpaired) electrons. The Labute approximate surface area is 106 Å². The summed E-state index contributed by atoms with van der Waals surface area (Å²) in [6, 6.07) is 6.15. The number of nitrogens with two attached hydrogens (primary N) is 1. The van der Waals surface area contributed by atoms with E-state index in [1.54, 1.807) is 31.2 Å². The van der Waals surface area contributed by atoms with Crippen LogP contribution in [0.2, 0.25) is 0 Å². The zero-order valence-corrected chi connectivity index (χ0v) is 10.5. The Hall–Kier alpha value is -1.59. The molecule has 4 N–H and O–H groups in total. The Morgan fingerprint density at radius 3 is 2.41 bits per heavy atom. The molecule has 6 heteroatoms. The van der Waals surface area contributed by atoms with E-state index in [9.17, 15) is 9.59 Å². The van der Waals surface area contributed by atoms with Crippen molar-refractivity contribution in [2.24, 2.45) is 5.73 Å². The van der Waals surface area contributed by atoms with Gasteiger partial charge in [-0.2, -0.15) is 0 Å². The third-order valence-electron chi connectivity index (χ3n) is 2.07. The van der Waals surface area contributed by atoms with E-state index < -0.39 is 6.04 Å². The second-order valence-corrected chi connectivity index (χ2v) is 3.40. The Morgan fingerprint density at radius 2 is 1.88 bits per heavy atom. The maximum Gasteiger partial charge on any atom is 0.253 e. The number of rotatable bonds is 3. The fourth-order valence-electron chi connectivity index (χ4n) is 1.17. The SMILES string of the molecule is CNC(=O)c1ccccc1NC(=O)C(C)N.Cl. The van der Waals surface area contributed by atoms with Gasteiger partial charge in [0.15, 0.2) is 0 Å². The lowest BCUT2D eigenvalue weighted by molar-refractivity contribution is -0.117. The van der Waals surface area contributed by atoms with Gasteiger partial charge in [-0.1, -0.05) is 12.1 Å². The summed E-state index contributed by atoms with van der Waals surface area (Å²) in [7, 11) is 1.53.